The van der Waals surface area contributed by atoms with Gasteiger partial charge in [0.25, 0.3) is 5.91 Å². The summed E-state index contributed by atoms with van der Waals surface area (Å²) in [5.74, 6) is -1.27. The first-order valence-corrected chi connectivity index (χ1v) is 22.3. The van der Waals surface area contributed by atoms with Gasteiger partial charge in [-0.3, -0.25) is 29.2 Å². The number of hydrogen-bond acceptors (Lipinski definition) is 9. The average molecular weight is 849 g/mol. The lowest BCUT2D eigenvalue weighted by atomic mass is 9.75. The van der Waals surface area contributed by atoms with Crippen LogP contribution in [0.1, 0.15) is 97.1 Å². The summed E-state index contributed by atoms with van der Waals surface area (Å²) in [7, 11) is 3.35. The maximum atomic E-state index is 14.6. The number of pyridine rings is 1. The van der Waals surface area contributed by atoms with Crippen molar-refractivity contribution in [3.63, 3.8) is 0 Å². The minimum absolute atomic E-state index is 0.0188. The van der Waals surface area contributed by atoms with Gasteiger partial charge < -0.3 is 29.4 Å². The molecule has 3 aliphatic rings. The Morgan fingerprint density at radius 1 is 1.10 bits per heavy atom. The summed E-state index contributed by atoms with van der Waals surface area (Å²) in [4.78, 5) is 62.7. The van der Waals surface area contributed by atoms with E-state index in [2.05, 4.69) is 61.2 Å². The molecule has 6 bridgehead atoms. The lowest BCUT2D eigenvalue weighted by molar-refractivity contribution is -0.155. The second kappa shape index (κ2) is 18.2. The SMILES string of the molecule is CCn1c(-c2cccnc2[C@H](C)OC)c2c3cc(ccc31)-c1cc(O)cc(c1)C[C@H](NC(=O)[C@H](C(C)C)N(C)C(=O)[C@H]1C[C@H](C)C1)C(=O)N1CCC[C@H](N1)C(=O)OCC(C)(C)C2. The van der Waals surface area contributed by atoms with Gasteiger partial charge in [0, 0.05) is 67.7 Å². The first kappa shape index (κ1) is 44.8. The molecule has 13 nitrogen and oxygen atoms in total. The van der Waals surface area contributed by atoms with Crippen LogP contribution in [0.3, 0.4) is 0 Å². The van der Waals surface area contributed by atoms with Crippen LogP contribution in [0.5, 0.6) is 5.75 Å². The predicted octanol–water partition coefficient (Wildman–Crippen LogP) is 6.98. The van der Waals surface area contributed by atoms with Gasteiger partial charge >= 0.3 is 5.97 Å². The molecule has 0 spiro atoms. The van der Waals surface area contributed by atoms with Crippen molar-refractivity contribution in [2.45, 2.75) is 118 Å². The van der Waals surface area contributed by atoms with Gasteiger partial charge in [-0.15, -0.1) is 0 Å². The Labute approximate surface area is 365 Å². The molecule has 0 radical (unpaired) electrons. The smallest absolute Gasteiger partial charge is 0.324 e. The van der Waals surface area contributed by atoms with Crippen molar-refractivity contribution in [2.75, 3.05) is 27.3 Å². The van der Waals surface area contributed by atoms with Crippen LogP contribution >= 0.6 is 0 Å². The molecule has 62 heavy (non-hydrogen) atoms. The number of amides is 3. The maximum absolute atomic E-state index is 14.6. The number of rotatable bonds is 9. The zero-order valence-corrected chi connectivity index (χ0v) is 37.8. The number of phenolic OH excluding ortho intramolecular Hbond substituents is 1. The van der Waals surface area contributed by atoms with Crippen LogP contribution in [-0.4, -0.2) is 93.7 Å². The number of aromatic hydroxyl groups is 1. The fourth-order valence-corrected chi connectivity index (χ4v) is 9.78. The number of carbonyl (C=O) groups excluding carboxylic acids is 4. The van der Waals surface area contributed by atoms with E-state index in [-0.39, 0.29) is 42.6 Å². The first-order chi connectivity index (χ1) is 29.5. The molecule has 4 aromatic rings. The molecule has 4 atom stereocenters. The Hall–Kier alpha value is -5.27. The molecule has 13 heteroatoms. The molecule has 1 saturated heterocycles. The van der Waals surface area contributed by atoms with Gasteiger partial charge in [0.05, 0.1) is 24.1 Å². The minimum atomic E-state index is -1.09. The number of nitrogens with one attached hydrogen (secondary N) is 2. The fraction of sp³-hybridized carbons (Fsp3) is 0.531. The molecule has 7 rings (SSSR count). The Morgan fingerprint density at radius 3 is 2.55 bits per heavy atom. The molecule has 3 amide bonds. The third-order valence-electron chi connectivity index (χ3n) is 13.1. The predicted molar refractivity (Wildman–Crippen MR) is 239 cm³/mol. The highest BCUT2D eigenvalue weighted by Gasteiger charge is 2.41. The van der Waals surface area contributed by atoms with Crippen LogP contribution in [0.25, 0.3) is 33.3 Å². The van der Waals surface area contributed by atoms with Crippen molar-refractivity contribution in [1.82, 2.24) is 30.2 Å². The zero-order chi connectivity index (χ0) is 44.6. The summed E-state index contributed by atoms with van der Waals surface area (Å²) in [5, 5.41) is 16.7. The number of carbonyl (C=O) groups is 4. The molecule has 4 heterocycles. The number of fused-ring (bicyclic) bond motifs is 6. The molecule has 332 valence electrons. The number of aryl methyl sites for hydroxylation is 1. The van der Waals surface area contributed by atoms with E-state index in [9.17, 15) is 24.3 Å². The number of esters is 1. The van der Waals surface area contributed by atoms with E-state index in [0.29, 0.717) is 43.8 Å². The normalized spacial score (nSPS) is 22.6. The number of phenols is 1. The molecule has 2 fully saturated rings. The monoisotopic (exact) mass is 848 g/mol. The number of ether oxygens (including phenoxy) is 2. The van der Waals surface area contributed by atoms with Gasteiger partial charge in [-0.25, -0.2) is 5.43 Å². The van der Waals surface area contributed by atoms with Crippen molar-refractivity contribution in [3.8, 4) is 28.1 Å². The third kappa shape index (κ3) is 9.11. The molecule has 1 aliphatic carbocycles. The molecular formula is C49H64N6O7. The van der Waals surface area contributed by atoms with E-state index in [4.69, 9.17) is 14.5 Å². The van der Waals surface area contributed by atoms with Crippen LogP contribution in [0.2, 0.25) is 0 Å². The van der Waals surface area contributed by atoms with Crippen molar-refractivity contribution in [3.05, 3.63) is 71.5 Å². The second-order valence-electron chi connectivity index (χ2n) is 18.9. The summed E-state index contributed by atoms with van der Waals surface area (Å²) in [6, 6.07) is 12.9. The standard InChI is InChI=1S/C49H64N6O7/c1-10-54-41-16-15-32-25-37(41)38(44(54)36-13-11-17-50-42(36)30(5)61-9)26-49(6,7)27-62-48(60)39-14-12-18-55(52-39)47(59)40(23-31-21-33(32)24-35(56)22-31)51-45(57)43(28(2)3)53(8)46(58)34-19-29(4)20-34/h11,13,15-17,21-22,24-25,28-30,34,39-40,43,52,56H,10,12,14,18-20,23,26-27H2,1-9H3,(H,51,57)/t29-,30-,34-,39-,40-,43-/m0/s1. The van der Waals surface area contributed by atoms with E-state index in [1.165, 1.54) is 9.91 Å². The Balaban J connectivity index is 1.34. The number of nitrogens with zero attached hydrogens (tertiary/aromatic N) is 4. The third-order valence-corrected chi connectivity index (χ3v) is 13.1. The number of hydrogen-bond donors (Lipinski definition) is 3. The Kier molecular flexibility index (Phi) is 13.2. The summed E-state index contributed by atoms with van der Waals surface area (Å²) < 4.78 is 14.2. The molecular weight excluding hydrogens is 785 g/mol. The highest BCUT2D eigenvalue weighted by molar-refractivity contribution is 5.96. The number of likely N-dealkylation sites (N-methyl/N-ethyl adjacent to an activating group) is 1. The van der Waals surface area contributed by atoms with Crippen LogP contribution in [-0.2, 0) is 48.0 Å². The quantitative estimate of drug-likeness (QED) is 0.151. The number of hydrazine groups is 1. The van der Waals surface area contributed by atoms with Gasteiger partial charge in [0.15, 0.2) is 0 Å². The maximum Gasteiger partial charge on any atom is 0.324 e. The lowest BCUT2D eigenvalue weighted by Crippen LogP contribution is -2.62. The zero-order valence-electron chi connectivity index (χ0n) is 37.8. The van der Waals surface area contributed by atoms with Crippen LogP contribution in [0, 0.1) is 23.2 Å². The molecule has 0 unspecified atom stereocenters. The van der Waals surface area contributed by atoms with E-state index >= 15 is 0 Å². The van der Waals surface area contributed by atoms with Crippen LogP contribution < -0.4 is 10.7 Å². The fourth-order valence-electron chi connectivity index (χ4n) is 9.78. The summed E-state index contributed by atoms with van der Waals surface area (Å²) >= 11 is 0. The van der Waals surface area contributed by atoms with Crippen molar-refractivity contribution >= 4 is 34.6 Å². The van der Waals surface area contributed by atoms with E-state index in [0.717, 1.165) is 57.4 Å². The number of aromatic nitrogens is 2. The van der Waals surface area contributed by atoms with Gasteiger partial charge in [0.2, 0.25) is 11.8 Å². The molecule has 2 aromatic heterocycles. The number of benzene rings is 2. The Morgan fingerprint density at radius 2 is 1.85 bits per heavy atom. The average Bonchev–Trinajstić information content (AvgIpc) is 3.54. The van der Waals surface area contributed by atoms with Gasteiger partial charge in [-0.05, 0) is 116 Å². The summed E-state index contributed by atoms with van der Waals surface area (Å²) in [5.41, 5.74) is 9.76. The molecule has 1 saturated carbocycles. The van der Waals surface area contributed by atoms with Gasteiger partial charge in [0.1, 0.15) is 23.9 Å². The second-order valence-corrected chi connectivity index (χ2v) is 18.9. The summed E-state index contributed by atoms with van der Waals surface area (Å²) in [6.07, 6.45) is 4.71. The highest BCUT2D eigenvalue weighted by atomic mass is 16.5. The topological polar surface area (TPSA) is 155 Å². The van der Waals surface area contributed by atoms with Crippen molar-refractivity contribution < 1.29 is 33.8 Å². The van der Waals surface area contributed by atoms with Crippen molar-refractivity contribution in [2.24, 2.45) is 23.2 Å². The van der Waals surface area contributed by atoms with Crippen LogP contribution in [0.4, 0.5) is 0 Å². The minimum Gasteiger partial charge on any atom is -0.508 e. The molecule has 3 N–H and O–H groups in total. The summed E-state index contributed by atoms with van der Waals surface area (Å²) in [6.45, 7) is 15.3. The molecule has 2 aromatic carbocycles. The van der Waals surface area contributed by atoms with E-state index in [1.54, 1.807) is 32.5 Å². The number of methoxy groups -OCH3 is 1. The largest absolute Gasteiger partial charge is 0.508 e. The Bertz CT molecular complexity index is 2330. The first-order valence-electron chi connectivity index (χ1n) is 22.3. The molecule has 2 aliphatic heterocycles. The van der Waals surface area contributed by atoms with Gasteiger partial charge in [-0.1, -0.05) is 46.8 Å². The van der Waals surface area contributed by atoms with Crippen molar-refractivity contribution in [1.29, 1.82) is 0 Å². The van der Waals surface area contributed by atoms with E-state index in [1.807, 2.05) is 39.0 Å². The highest BCUT2D eigenvalue weighted by Crippen LogP contribution is 2.42. The lowest BCUT2D eigenvalue weighted by Gasteiger charge is -2.39. The number of cyclic esters (lactones) is 1. The van der Waals surface area contributed by atoms with Gasteiger partial charge in [-0.2, -0.15) is 0 Å². The van der Waals surface area contributed by atoms with E-state index < -0.39 is 41.3 Å². The van der Waals surface area contributed by atoms with Crippen LogP contribution in [0.15, 0.2) is 54.7 Å².